The predicted octanol–water partition coefficient (Wildman–Crippen LogP) is 7.18. The Morgan fingerprint density at radius 2 is 1.50 bits per heavy atom. The molecule has 0 bridgehead atoms. The van der Waals surface area contributed by atoms with Crippen LogP contribution in [0.5, 0.6) is 0 Å². The third-order valence-electron chi connectivity index (χ3n) is 5.88. The van der Waals surface area contributed by atoms with Crippen LogP contribution in [0, 0.1) is 0 Å². The molecule has 0 spiro atoms. The standard InChI is InChI=1S/C13H15N2O2.3C4H9.Sn/c1-13(2,3)17-12(16)14-15-9-8-10-6-4-5-7-11(10)15;3*1-3-4-2;/h4-8H,1-3H3,(H,14,16);3*1,3-4H2,2H3;. The van der Waals surface area contributed by atoms with Crippen LogP contribution in [0.3, 0.4) is 0 Å². The first-order chi connectivity index (χ1) is 14.3. The van der Waals surface area contributed by atoms with Crippen molar-refractivity contribution in [2.75, 3.05) is 5.43 Å². The number of ether oxygens (including phenoxy) is 1. The van der Waals surface area contributed by atoms with Crippen molar-refractivity contribution in [3.63, 3.8) is 0 Å². The van der Waals surface area contributed by atoms with Gasteiger partial charge in [0.1, 0.15) is 0 Å². The first-order valence-corrected chi connectivity index (χ1v) is 19.4. The number of nitrogens with zero attached hydrogens (tertiary/aromatic N) is 1. The van der Waals surface area contributed by atoms with E-state index in [0.29, 0.717) is 0 Å². The van der Waals surface area contributed by atoms with Crippen LogP contribution in [-0.4, -0.2) is 34.7 Å². The Morgan fingerprint density at radius 1 is 0.967 bits per heavy atom. The number of carbonyl (C=O) groups excluding carboxylic acids is 1. The summed E-state index contributed by atoms with van der Waals surface area (Å²) in [6.07, 6.45) is 7.20. The van der Waals surface area contributed by atoms with Crippen LogP contribution in [0.1, 0.15) is 80.1 Å². The fourth-order valence-electron chi connectivity index (χ4n) is 4.36. The predicted molar refractivity (Wildman–Crippen MR) is 132 cm³/mol. The number of amides is 1. The van der Waals surface area contributed by atoms with E-state index in [0.717, 1.165) is 5.52 Å². The third-order valence-corrected chi connectivity index (χ3v) is 21.3. The molecule has 0 unspecified atom stereocenters. The molecular formula is C25H42N2O2Sn. The van der Waals surface area contributed by atoms with Gasteiger partial charge in [-0.1, -0.05) is 0 Å². The van der Waals surface area contributed by atoms with Gasteiger partial charge >= 0.3 is 188 Å². The number of unbranched alkanes of at least 4 members (excludes halogenated alkanes) is 3. The van der Waals surface area contributed by atoms with E-state index in [-0.39, 0.29) is 6.09 Å². The van der Waals surface area contributed by atoms with Gasteiger partial charge in [0.2, 0.25) is 0 Å². The molecule has 2 rings (SSSR count). The van der Waals surface area contributed by atoms with Crippen molar-refractivity contribution in [3.05, 3.63) is 30.3 Å². The summed E-state index contributed by atoms with van der Waals surface area (Å²) in [5.74, 6) is 0. The molecule has 0 saturated heterocycles. The van der Waals surface area contributed by atoms with Crippen molar-refractivity contribution >= 4 is 39.1 Å². The van der Waals surface area contributed by atoms with E-state index in [2.05, 4.69) is 61.2 Å². The normalized spacial score (nSPS) is 12.3. The number of fused-ring (bicyclic) bond motifs is 1. The molecule has 1 aromatic heterocycles. The molecule has 0 atom stereocenters. The topological polar surface area (TPSA) is 43.3 Å². The van der Waals surface area contributed by atoms with Crippen LogP contribution < -0.4 is 9.14 Å². The molecule has 1 heterocycles. The van der Waals surface area contributed by atoms with Crippen LogP contribution in [-0.2, 0) is 4.74 Å². The fraction of sp³-hybridized carbons (Fsp3) is 0.640. The number of benzene rings is 1. The molecule has 168 valence electrons. The molecule has 30 heavy (non-hydrogen) atoms. The van der Waals surface area contributed by atoms with Crippen molar-refractivity contribution in [3.8, 4) is 0 Å². The van der Waals surface area contributed by atoms with E-state index >= 15 is 0 Å². The zero-order valence-electron chi connectivity index (χ0n) is 20.0. The number of hydrogen-bond acceptors (Lipinski definition) is 2. The Balaban J connectivity index is 2.58. The third kappa shape index (κ3) is 6.66. The number of para-hydroxylation sites is 1. The number of carbonyl (C=O) groups is 1. The Bertz CT molecular complexity index is 785. The Labute approximate surface area is 187 Å². The monoisotopic (exact) mass is 522 g/mol. The van der Waals surface area contributed by atoms with Crippen LogP contribution in [0.4, 0.5) is 4.79 Å². The quantitative estimate of drug-likeness (QED) is 0.319. The molecule has 0 aliphatic heterocycles. The van der Waals surface area contributed by atoms with Crippen molar-refractivity contribution < 1.29 is 9.53 Å². The number of rotatable bonds is 11. The zero-order valence-corrected chi connectivity index (χ0v) is 22.9. The van der Waals surface area contributed by atoms with Gasteiger partial charge in [-0.05, 0) is 0 Å². The number of aromatic nitrogens is 1. The van der Waals surface area contributed by atoms with E-state index in [1.54, 1.807) is 0 Å². The average Bonchev–Trinajstić information content (AvgIpc) is 3.05. The van der Waals surface area contributed by atoms with Gasteiger partial charge in [-0.2, -0.15) is 0 Å². The zero-order chi connectivity index (χ0) is 22.2. The van der Waals surface area contributed by atoms with Crippen molar-refractivity contribution in [1.82, 2.24) is 4.68 Å². The molecule has 1 N–H and O–H groups in total. The van der Waals surface area contributed by atoms with E-state index in [4.69, 9.17) is 4.74 Å². The van der Waals surface area contributed by atoms with E-state index in [1.807, 2.05) is 20.8 Å². The average molecular weight is 521 g/mol. The molecule has 4 nitrogen and oxygen atoms in total. The second kappa shape index (κ2) is 11.4. The van der Waals surface area contributed by atoms with Crippen LogP contribution >= 0.6 is 0 Å². The summed E-state index contributed by atoms with van der Waals surface area (Å²) in [5.41, 5.74) is 3.71. The maximum absolute atomic E-state index is 12.8. The van der Waals surface area contributed by atoms with Gasteiger partial charge in [0.25, 0.3) is 0 Å². The van der Waals surface area contributed by atoms with Gasteiger partial charge in [0, 0.05) is 0 Å². The van der Waals surface area contributed by atoms with Crippen LogP contribution in [0.2, 0.25) is 13.3 Å². The number of nitrogens with one attached hydrogen (secondary N) is 1. The maximum atomic E-state index is 12.8. The summed E-state index contributed by atoms with van der Waals surface area (Å²) >= 11 is -2.75. The minimum atomic E-state index is -2.75. The van der Waals surface area contributed by atoms with Crippen molar-refractivity contribution in [2.24, 2.45) is 0 Å². The van der Waals surface area contributed by atoms with Gasteiger partial charge in [-0.25, -0.2) is 0 Å². The Hall–Kier alpha value is -1.17. The van der Waals surface area contributed by atoms with Crippen LogP contribution in [0.25, 0.3) is 10.9 Å². The summed E-state index contributed by atoms with van der Waals surface area (Å²) < 4.78 is 13.2. The van der Waals surface area contributed by atoms with E-state index < -0.39 is 24.0 Å². The summed E-state index contributed by atoms with van der Waals surface area (Å²) in [6.45, 7) is 12.6. The summed E-state index contributed by atoms with van der Waals surface area (Å²) in [6, 6.07) is 10.8. The first-order valence-electron chi connectivity index (χ1n) is 11.9. The molecule has 1 amide bonds. The van der Waals surface area contributed by atoms with E-state index in [1.165, 1.54) is 60.9 Å². The molecule has 0 aliphatic rings. The van der Waals surface area contributed by atoms with Crippen LogP contribution in [0.15, 0.2) is 30.3 Å². The minimum absolute atomic E-state index is 0.369. The van der Waals surface area contributed by atoms with Crippen molar-refractivity contribution in [2.45, 2.75) is 99.0 Å². The van der Waals surface area contributed by atoms with Gasteiger partial charge < -0.3 is 0 Å². The summed E-state index contributed by atoms with van der Waals surface area (Å²) in [4.78, 5) is 12.8. The first kappa shape index (κ1) is 25.1. The van der Waals surface area contributed by atoms with Crippen molar-refractivity contribution in [1.29, 1.82) is 0 Å². The molecule has 5 heteroatoms. The number of hydrogen-bond donors (Lipinski definition) is 1. The summed E-state index contributed by atoms with van der Waals surface area (Å²) in [5, 5.41) is 1.22. The molecular weight excluding hydrogens is 479 g/mol. The van der Waals surface area contributed by atoms with E-state index in [9.17, 15) is 4.79 Å². The SMILES string of the molecule is CCC[CH2][Sn]([CH2]CCC)([CH2]CCC)[c]1cc2ccccc2n1NC(=O)OC(C)(C)C. The Kier molecular flexibility index (Phi) is 9.58. The Morgan fingerprint density at radius 3 is 2.00 bits per heavy atom. The van der Waals surface area contributed by atoms with Gasteiger partial charge in [-0.15, -0.1) is 0 Å². The molecule has 0 radical (unpaired) electrons. The fourth-order valence-corrected chi connectivity index (χ4v) is 20.7. The molecule has 0 fully saturated rings. The molecule has 2 aromatic rings. The second-order valence-corrected chi connectivity index (χ2v) is 22.7. The summed E-state index contributed by atoms with van der Waals surface area (Å²) in [7, 11) is 0. The van der Waals surface area contributed by atoms with Gasteiger partial charge in [0.15, 0.2) is 0 Å². The molecule has 0 saturated carbocycles. The molecule has 1 aromatic carbocycles. The molecule has 0 aliphatic carbocycles. The van der Waals surface area contributed by atoms with Gasteiger partial charge in [0.05, 0.1) is 0 Å². The van der Waals surface area contributed by atoms with Gasteiger partial charge in [-0.3, -0.25) is 0 Å². The second-order valence-electron chi connectivity index (χ2n) is 9.63.